The fourth-order valence-electron chi connectivity index (χ4n) is 2.04. The Morgan fingerprint density at radius 1 is 1.27 bits per heavy atom. The summed E-state index contributed by atoms with van der Waals surface area (Å²) < 4.78 is 5.34. The zero-order valence-electron chi connectivity index (χ0n) is 8.99. The van der Waals surface area contributed by atoms with Crippen molar-refractivity contribution in [1.82, 2.24) is 0 Å². The Bertz CT molecular complexity index is 404. The van der Waals surface area contributed by atoms with Crippen LogP contribution in [0.25, 0.3) is 5.57 Å². The number of ketones is 1. The number of benzene rings is 1. The molecule has 2 rings (SSSR count). The molecule has 0 saturated carbocycles. The highest BCUT2D eigenvalue weighted by Crippen LogP contribution is 2.33. The van der Waals surface area contributed by atoms with E-state index >= 15 is 0 Å². The van der Waals surface area contributed by atoms with Crippen LogP contribution in [0.3, 0.4) is 0 Å². The van der Waals surface area contributed by atoms with Gasteiger partial charge in [0.05, 0.1) is 6.10 Å². The monoisotopic (exact) mass is 202 g/mol. The Hall–Kier alpha value is -1.41. The van der Waals surface area contributed by atoms with E-state index in [-0.39, 0.29) is 11.9 Å². The SMILES string of the molecule is COC1CC(=O)C(C)=C1c1ccccc1. The first-order chi connectivity index (χ1) is 7.24. The topological polar surface area (TPSA) is 26.3 Å². The van der Waals surface area contributed by atoms with Gasteiger partial charge in [-0.1, -0.05) is 30.3 Å². The van der Waals surface area contributed by atoms with Gasteiger partial charge in [0.25, 0.3) is 0 Å². The molecular weight excluding hydrogens is 188 g/mol. The molecule has 15 heavy (non-hydrogen) atoms. The molecule has 0 spiro atoms. The van der Waals surface area contributed by atoms with Crippen molar-refractivity contribution in [3.63, 3.8) is 0 Å². The minimum atomic E-state index is -0.0695. The standard InChI is InChI=1S/C13H14O2/c1-9-11(14)8-12(15-2)13(9)10-6-4-3-5-7-10/h3-7,12H,8H2,1-2H3. The maximum atomic E-state index is 11.6. The van der Waals surface area contributed by atoms with Crippen LogP contribution >= 0.6 is 0 Å². The largest absolute Gasteiger partial charge is 0.376 e. The first-order valence-electron chi connectivity index (χ1n) is 5.06. The second-order valence-corrected chi connectivity index (χ2v) is 3.76. The number of allylic oxidation sites excluding steroid dienone is 1. The van der Waals surface area contributed by atoms with Crippen molar-refractivity contribution in [1.29, 1.82) is 0 Å². The number of carbonyl (C=O) groups excluding carboxylic acids is 1. The van der Waals surface area contributed by atoms with Gasteiger partial charge in [-0.2, -0.15) is 0 Å². The van der Waals surface area contributed by atoms with Crippen LogP contribution in [0.15, 0.2) is 35.9 Å². The molecule has 0 aromatic heterocycles. The van der Waals surface area contributed by atoms with Gasteiger partial charge in [-0.3, -0.25) is 4.79 Å². The lowest BCUT2D eigenvalue weighted by Crippen LogP contribution is -2.09. The van der Waals surface area contributed by atoms with E-state index < -0.39 is 0 Å². The van der Waals surface area contributed by atoms with Gasteiger partial charge in [0, 0.05) is 13.5 Å². The molecule has 0 radical (unpaired) electrons. The molecule has 2 nitrogen and oxygen atoms in total. The molecule has 2 heteroatoms. The molecule has 1 aliphatic rings. The predicted molar refractivity (Wildman–Crippen MR) is 59.5 cm³/mol. The Labute approximate surface area is 89.6 Å². The van der Waals surface area contributed by atoms with E-state index in [1.54, 1.807) is 7.11 Å². The van der Waals surface area contributed by atoms with Gasteiger partial charge < -0.3 is 4.74 Å². The highest BCUT2D eigenvalue weighted by Gasteiger charge is 2.30. The summed E-state index contributed by atoms with van der Waals surface area (Å²) in [5.41, 5.74) is 2.98. The van der Waals surface area contributed by atoms with Crippen LogP contribution in [-0.4, -0.2) is 19.0 Å². The van der Waals surface area contributed by atoms with E-state index in [9.17, 15) is 4.79 Å². The molecule has 1 aromatic carbocycles. The average Bonchev–Trinajstić information content (AvgIpc) is 2.56. The third-order valence-electron chi connectivity index (χ3n) is 2.88. The van der Waals surface area contributed by atoms with Gasteiger partial charge in [0.15, 0.2) is 5.78 Å². The highest BCUT2D eigenvalue weighted by atomic mass is 16.5. The van der Waals surface area contributed by atoms with Crippen molar-refractivity contribution in [2.75, 3.05) is 7.11 Å². The van der Waals surface area contributed by atoms with E-state index in [1.807, 2.05) is 37.3 Å². The zero-order valence-corrected chi connectivity index (χ0v) is 8.99. The van der Waals surface area contributed by atoms with E-state index in [2.05, 4.69) is 0 Å². The van der Waals surface area contributed by atoms with Gasteiger partial charge >= 0.3 is 0 Å². The Balaban J connectivity index is 2.46. The third kappa shape index (κ3) is 1.73. The maximum absolute atomic E-state index is 11.6. The Morgan fingerprint density at radius 3 is 2.53 bits per heavy atom. The lowest BCUT2D eigenvalue weighted by atomic mass is 10.0. The number of carbonyl (C=O) groups is 1. The summed E-state index contributed by atoms with van der Waals surface area (Å²) in [6, 6.07) is 9.96. The fourth-order valence-corrected chi connectivity index (χ4v) is 2.04. The minimum absolute atomic E-state index is 0.0695. The lowest BCUT2D eigenvalue weighted by molar-refractivity contribution is -0.116. The van der Waals surface area contributed by atoms with Crippen LogP contribution in [0.4, 0.5) is 0 Å². The van der Waals surface area contributed by atoms with E-state index in [0.29, 0.717) is 6.42 Å². The molecule has 0 fully saturated rings. The minimum Gasteiger partial charge on any atom is -0.376 e. The molecule has 0 saturated heterocycles. The molecule has 0 amide bonds. The quantitative estimate of drug-likeness (QED) is 0.736. The van der Waals surface area contributed by atoms with Gasteiger partial charge in [-0.25, -0.2) is 0 Å². The number of rotatable bonds is 2. The predicted octanol–water partition coefficient (Wildman–Crippen LogP) is 2.45. The number of hydrogen-bond donors (Lipinski definition) is 0. The summed E-state index contributed by atoms with van der Waals surface area (Å²) in [7, 11) is 1.65. The Kier molecular flexibility index (Phi) is 2.69. The van der Waals surface area contributed by atoms with Crippen molar-refractivity contribution >= 4 is 11.4 Å². The summed E-state index contributed by atoms with van der Waals surface area (Å²) in [5.74, 6) is 0.195. The second kappa shape index (κ2) is 3.99. The van der Waals surface area contributed by atoms with E-state index in [1.165, 1.54) is 0 Å². The highest BCUT2D eigenvalue weighted by molar-refractivity contribution is 6.08. The van der Waals surface area contributed by atoms with E-state index in [4.69, 9.17) is 4.74 Å². The van der Waals surface area contributed by atoms with Crippen LogP contribution in [0.2, 0.25) is 0 Å². The molecule has 0 aliphatic heterocycles. The van der Waals surface area contributed by atoms with Crippen LogP contribution in [-0.2, 0) is 9.53 Å². The van der Waals surface area contributed by atoms with Crippen LogP contribution in [0.5, 0.6) is 0 Å². The number of ether oxygens (including phenoxy) is 1. The van der Waals surface area contributed by atoms with Crippen LogP contribution in [0, 0.1) is 0 Å². The molecule has 0 heterocycles. The number of Topliss-reactive ketones (excluding diaryl/α,β-unsaturated/α-hetero) is 1. The summed E-state index contributed by atoms with van der Waals surface area (Å²) in [4.78, 5) is 11.6. The molecule has 78 valence electrons. The van der Waals surface area contributed by atoms with Crippen molar-refractivity contribution in [3.8, 4) is 0 Å². The lowest BCUT2D eigenvalue weighted by Gasteiger charge is -2.12. The Morgan fingerprint density at radius 2 is 1.93 bits per heavy atom. The average molecular weight is 202 g/mol. The molecule has 0 N–H and O–H groups in total. The second-order valence-electron chi connectivity index (χ2n) is 3.76. The maximum Gasteiger partial charge on any atom is 0.161 e. The zero-order chi connectivity index (χ0) is 10.8. The summed E-state index contributed by atoms with van der Waals surface area (Å²) >= 11 is 0. The van der Waals surface area contributed by atoms with E-state index in [0.717, 1.165) is 16.7 Å². The summed E-state index contributed by atoms with van der Waals surface area (Å²) in [6.45, 7) is 1.88. The summed E-state index contributed by atoms with van der Waals surface area (Å²) in [6.07, 6.45) is 0.409. The third-order valence-corrected chi connectivity index (χ3v) is 2.88. The smallest absolute Gasteiger partial charge is 0.161 e. The molecule has 1 aromatic rings. The van der Waals surface area contributed by atoms with Crippen LogP contribution < -0.4 is 0 Å². The summed E-state index contributed by atoms with van der Waals surface area (Å²) in [5, 5.41) is 0. The molecule has 0 bridgehead atoms. The molecule has 1 unspecified atom stereocenters. The van der Waals surface area contributed by atoms with Crippen LogP contribution in [0.1, 0.15) is 18.9 Å². The fraction of sp³-hybridized carbons (Fsp3) is 0.308. The molecule has 1 aliphatic carbocycles. The van der Waals surface area contributed by atoms with Gasteiger partial charge in [-0.05, 0) is 23.6 Å². The number of methoxy groups -OCH3 is 1. The van der Waals surface area contributed by atoms with Crippen molar-refractivity contribution in [2.45, 2.75) is 19.4 Å². The van der Waals surface area contributed by atoms with Gasteiger partial charge in [-0.15, -0.1) is 0 Å². The molecular formula is C13H14O2. The van der Waals surface area contributed by atoms with Crippen molar-refractivity contribution in [3.05, 3.63) is 41.5 Å². The van der Waals surface area contributed by atoms with Gasteiger partial charge in [0.2, 0.25) is 0 Å². The first kappa shape index (κ1) is 10.1. The normalized spacial score (nSPS) is 21.2. The van der Waals surface area contributed by atoms with Gasteiger partial charge in [0.1, 0.15) is 0 Å². The number of hydrogen-bond acceptors (Lipinski definition) is 2. The van der Waals surface area contributed by atoms with Crippen molar-refractivity contribution in [2.24, 2.45) is 0 Å². The molecule has 1 atom stereocenters. The first-order valence-corrected chi connectivity index (χ1v) is 5.06. The van der Waals surface area contributed by atoms with Crippen molar-refractivity contribution < 1.29 is 9.53 Å².